The zero-order valence-electron chi connectivity index (χ0n) is 32.3. The van der Waals surface area contributed by atoms with Gasteiger partial charge < -0.3 is 41.4 Å². The third-order valence-corrected chi connectivity index (χ3v) is 11.2. The van der Waals surface area contributed by atoms with Crippen molar-refractivity contribution in [3.05, 3.63) is 36.0 Å². The van der Waals surface area contributed by atoms with E-state index in [-0.39, 0.29) is 18.3 Å². The summed E-state index contributed by atoms with van der Waals surface area (Å²) < 4.78 is 39.9. The first-order chi connectivity index (χ1) is 26.7. The van der Waals surface area contributed by atoms with Crippen LogP contribution < -0.4 is 16.4 Å². The fourth-order valence-electron chi connectivity index (χ4n) is 8.18. The topological polar surface area (TPSA) is 221 Å². The SMILES string of the molecule is NC(CCCCB(O)O)C1CCN(C2CCCCC2)CC1.NC(CCCCB(O)O)C1CCN(c2cc(C(F)(F)F)nc3ccccc23)CC1.O=C=O.O=C=O. The number of anilines is 1. The average Bonchev–Trinajstić information content (AvgIpc) is 3.18. The highest BCUT2D eigenvalue weighted by Gasteiger charge is 2.35. The van der Waals surface area contributed by atoms with Crippen molar-refractivity contribution < 1.29 is 52.4 Å². The summed E-state index contributed by atoms with van der Waals surface area (Å²) in [5.74, 6) is 0.990. The largest absolute Gasteiger partial charge is 0.451 e. The van der Waals surface area contributed by atoms with Crippen LogP contribution in [0.25, 0.3) is 10.9 Å². The van der Waals surface area contributed by atoms with Crippen LogP contribution in [0.2, 0.25) is 12.6 Å². The van der Waals surface area contributed by atoms with E-state index < -0.39 is 26.1 Å². The number of hydrogen-bond donors (Lipinski definition) is 6. The molecule has 0 amide bonds. The van der Waals surface area contributed by atoms with Crippen molar-refractivity contribution in [3.63, 3.8) is 0 Å². The molecule has 2 aliphatic heterocycles. The van der Waals surface area contributed by atoms with Gasteiger partial charge in [0.15, 0.2) is 0 Å². The number of nitrogens with zero attached hydrogens (tertiary/aromatic N) is 3. The van der Waals surface area contributed by atoms with E-state index in [1.807, 2.05) is 17.0 Å². The van der Waals surface area contributed by atoms with Gasteiger partial charge in [-0.2, -0.15) is 32.3 Å². The van der Waals surface area contributed by atoms with Crippen LogP contribution >= 0.6 is 0 Å². The zero-order valence-corrected chi connectivity index (χ0v) is 32.3. The smallest absolute Gasteiger partial charge is 0.427 e. The number of carbonyl (C=O) groups excluding carboxylic acids is 4. The minimum Gasteiger partial charge on any atom is -0.427 e. The van der Waals surface area contributed by atoms with Crippen molar-refractivity contribution in [1.29, 1.82) is 0 Å². The fraction of sp³-hybridized carbons (Fsp3) is 0.711. The Hall–Kier alpha value is -3.17. The van der Waals surface area contributed by atoms with Gasteiger partial charge in [-0.05, 0) is 101 Å². The van der Waals surface area contributed by atoms with Crippen molar-refractivity contribution in [1.82, 2.24) is 9.88 Å². The molecular formula is C38H60B2F3N5O8. The Morgan fingerprint density at radius 1 is 0.732 bits per heavy atom. The van der Waals surface area contributed by atoms with Crippen LogP contribution in [-0.4, -0.2) is 101 Å². The molecule has 18 heteroatoms. The number of hydrogen-bond acceptors (Lipinski definition) is 13. The predicted octanol–water partition coefficient (Wildman–Crippen LogP) is 4.27. The number of benzene rings is 1. The number of unbranched alkanes of at least 4 members (excludes halogenated alkanes) is 2. The molecule has 3 aliphatic rings. The van der Waals surface area contributed by atoms with Crippen molar-refractivity contribution in [2.75, 3.05) is 31.1 Å². The second kappa shape index (κ2) is 26.7. The Balaban J connectivity index is 0.000000352. The summed E-state index contributed by atoms with van der Waals surface area (Å²) in [7, 11) is -2.42. The van der Waals surface area contributed by atoms with Crippen LogP contribution in [0.1, 0.15) is 102 Å². The van der Waals surface area contributed by atoms with E-state index in [1.165, 1.54) is 58.0 Å². The number of rotatable bonds is 14. The minimum absolute atomic E-state index is 0.0212. The van der Waals surface area contributed by atoms with Gasteiger partial charge in [0, 0.05) is 42.3 Å². The molecule has 8 N–H and O–H groups in total. The minimum atomic E-state index is -4.48. The lowest BCUT2D eigenvalue weighted by atomic mass is 9.81. The molecule has 2 atom stereocenters. The van der Waals surface area contributed by atoms with E-state index in [0.717, 1.165) is 62.4 Å². The molecule has 1 aliphatic carbocycles. The maximum atomic E-state index is 13.3. The first-order valence-electron chi connectivity index (χ1n) is 19.9. The first-order valence-corrected chi connectivity index (χ1v) is 19.9. The molecule has 56 heavy (non-hydrogen) atoms. The number of likely N-dealkylation sites (tertiary alicyclic amines) is 1. The quantitative estimate of drug-likeness (QED) is 0.116. The van der Waals surface area contributed by atoms with Crippen LogP contribution in [0.15, 0.2) is 30.3 Å². The second-order valence-corrected chi connectivity index (χ2v) is 15.1. The van der Waals surface area contributed by atoms with Gasteiger partial charge in [-0.1, -0.05) is 63.1 Å². The lowest BCUT2D eigenvalue weighted by Crippen LogP contribution is -2.45. The lowest BCUT2D eigenvalue weighted by Gasteiger charge is -2.40. The second-order valence-electron chi connectivity index (χ2n) is 15.1. The predicted molar refractivity (Wildman–Crippen MR) is 207 cm³/mol. The van der Waals surface area contributed by atoms with Gasteiger partial charge in [0.25, 0.3) is 0 Å². The van der Waals surface area contributed by atoms with Crippen LogP contribution in [0.5, 0.6) is 0 Å². The molecule has 5 rings (SSSR count). The van der Waals surface area contributed by atoms with E-state index in [9.17, 15) is 13.2 Å². The molecule has 2 aromatic rings. The Kier molecular flexibility index (Phi) is 23.3. The third kappa shape index (κ3) is 18.0. The van der Waals surface area contributed by atoms with Crippen LogP contribution in [0.4, 0.5) is 18.9 Å². The summed E-state index contributed by atoms with van der Waals surface area (Å²) in [6, 6.07) is 9.26. The summed E-state index contributed by atoms with van der Waals surface area (Å²) >= 11 is 0. The van der Waals surface area contributed by atoms with Crippen molar-refractivity contribution in [2.24, 2.45) is 23.3 Å². The highest BCUT2D eigenvalue weighted by molar-refractivity contribution is 6.41. The summed E-state index contributed by atoms with van der Waals surface area (Å²) in [4.78, 5) is 41.0. The number of fused-ring (bicyclic) bond motifs is 1. The van der Waals surface area contributed by atoms with Gasteiger partial charge in [-0.15, -0.1) is 0 Å². The Morgan fingerprint density at radius 2 is 1.20 bits per heavy atom. The molecule has 2 saturated heterocycles. The molecule has 0 bridgehead atoms. The van der Waals surface area contributed by atoms with Crippen molar-refractivity contribution in [2.45, 2.75) is 133 Å². The first kappa shape index (κ1) is 49.0. The summed E-state index contributed by atoms with van der Waals surface area (Å²) in [6.07, 6.45) is 13.3. The number of alkyl halides is 3. The molecule has 13 nitrogen and oxygen atoms in total. The molecule has 1 aromatic carbocycles. The monoisotopic (exact) mass is 793 g/mol. The number of halogens is 3. The zero-order chi connectivity index (χ0) is 41.5. The highest BCUT2D eigenvalue weighted by Crippen LogP contribution is 2.36. The van der Waals surface area contributed by atoms with Crippen LogP contribution in [0.3, 0.4) is 0 Å². The molecule has 2 unspecified atom stereocenters. The van der Waals surface area contributed by atoms with E-state index in [1.54, 1.807) is 12.1 Å². The number of piperidine rings is 2. The Bertz CT molecular complexity index is 1430. The van der Waals surface area contributed by atoms with Crippen LogP contribution in [0, 0.1) is 11.8 Å². The van der Waals surface area contributed by atoms with Gasteiger partial charge >= 0.3 is 32.7 Å². The normalized spacial score (nSPS) is 18.1. The number of para-hydroxylation sites is 1. The van der Waals surface area contributed by atoms with Crippen molar-refractivity contribution in [3.8, 4) is 0 Å². The van der Waals surface area contributed by atoms with Gasteiger partial charge in [0.1, 0.15) is 5.69 Å². The van der Waals surface area contributed by atoms with E-state index in [2.05, 4.69) is 9.88 Å². The van der Waals surface area contributed by atoms with Gasteiger partial charge in [0.05, 0.1) is 5.52 Å². The van der Waals surface area contributed by atoms with E-state index >= 15 is 0 Å². The molecular weight excluding hydrogens is 733 g/mol. The average molecular weight is 794 g/mol. The summed E-state index contributed by atoms with van der Waals surface area (Å²) in [5.41, 5.74) is 12.7. The highest BCUT2D eigenvalue weighted by atomic mass is 19.4. The van der Waals surface area contributed by atoms with Crippen molar-refractivity contribution >= 4 is 43.1 Å². The van der Waals surface area contributed by atoms with Gasteiger partial charge in [0.2, 0.25) is 0 Å². The van der Waals surface area contributed by atoms with E-state index in [0.29, 0.717) is 61.2 Å². The van der Waals surface area contributed by atoms with Gasteiger partial charge in [-0.25, -0.2) is 4.98 Å². The number of nitrogens with two attached hydrogens (primary N) is 2. The lowest BCUT2D eigenvalue weighted by molar-refractivity contribution is -0.193. The number of aromatic nitrogens is 1. The summed E-state index contributed by atoms with van der Waals surface area (Å²) in [5, 5.41) is 36.2. The molecule has 3 fully saturated rings. The maximum absolute atomic E-state index is 13.3. The fourth-order valence-corrected chi connectivity index (χ4v) is 8.18. The third-order valence-electron chi connectivity index (χ3n) is 11.2. The molecule has 312 valence electrons. The van der Waals surface area contributed by atoms with Crippen LogP contribution in [-0.2, 0) is 25.4 Å². The Morgan fingerprint density at radius 3 is 1.66 bits per heavy atom. The molecule has 0 radical (unpaired) electrons. The van der Waals surface area contributed by atoms with E-state index in [4.69, 9.17) is 50.7 Å². The standard InChI is InChI=1S/C20H27BF3N3O2.C16H33BN2O2.2CO2/c22-20(23,24)19-13-18(15-5-1-2-7-17(15)26-19)27-11-8-14(9-12-27)16(25)6-3-4-10-21(28)29;18-16(8-4-5-11-17(20)21)14-9-12-19(13-10-14)15-6-2-1-3-7-15;2*2-1-3/h1-2,5,7,13-14,16,28-29H,3-4,6,8-12,25H2;14-16,20-21H,1-13,18H2;;. The van der Waals surface area contributed by atoms with Gasteiger partial charge in [-0.3, -0.25) is 0 Å². The Labute approximate surface area is 328 Å². The molecule has 1 aromatic heterocycles. The number of pyridine rings is 1. The molecule has 0 spiro atoms. The molecule has 1 saturated carbocycles. The molecule has 3 heterocycles. The summed E-state index contributed by atoms with van der Waals surface area (Å²) in [6.45, 7) is 3.77. The maximum Gasteiger partial charge on any atom is 0.451 e.